The van der Waals surface area contributed by atoms with Crippen molar-refractivity contribution in [1.29, 1.82) is 0 Å². The van der Waals surface area contributed by atoms with Crippen LogP contribution in [0.2, 0.25) is 0 Å². The van der Waals surface area contributed by atoms with Gasteiger partial charge in [0, 0.05) is 6.08 Å². The van der Waals surface area contributed by atoms with Gasteiger partial charge < -0.3 is 5.32 Å². The van der Waals surface area contributed by atoms with E-state index in [9.17, 15) is 4.79 Å². The average Bonchev–Trinajstić information content (AvgIpc) is 2.54. The second-order valence-corrected chi connectivity index (χ2v) is 5.80. The second kappa shape index (κ2) is 7.60. The summed E-state index contributed by atoms with van der Waals surface area (Å²) in [4.78, 5) is 12.0. The van der Waals surface area contributed by atoms with Gasteiger partial charge in [0.05, 0.1) is 6.04 Å². The molecule has 1 amide bonds. The molecule has 0 heterocycles. The van der Waals surface area contributed by atoms with Crippen LogP contribution >= 0.6 is 0 Å². The Morgan fingerprint density at radius 1 is 0.909 bits per heavy atom. The number of hydrogen-bond donors (Lipinski definition) is 1. The molecule has 0 fully saturated rings. The Kier molecular flexibility index (Phi) is 5.54. The molecular formula is C20H23NO. The minimum atomic E-state index is -0.0794. The van der Waals surface area contributed by atoms with Crippen molar-refractivity contribution in [3.05, 3.63) is 77.4 Å². The first kappa shape index (κ1) is 16.0. The van der Waals surface area contributed by atoms with Crippen molar-refractivity contribution in [1.82, 2.24) is 5.32 Å². The Hall–Kier alpha value is -2.35. The van der Waals surface area contributed by atoms with E-state index in [1.165, 1.54) is 5.56 Å². The topological polar surface area (TPSA) is 29.1 Å². The summed E-state index contributed by atoms with van der Waals surface area (Å²) in [6.45, 7) is 6.32. The van der Waals surface area contributed by atoms with Crippen molar-refractivity contribution in [2.24, 2.45) is 0 Å². The van der Waals surface area contributed by atoms with Crippen LogP contribution in [0.5, 0.6) is 0 Å². The summed E-state index contributed by atoms with van der Waals surface area (Å²) in [5.74, 6) is 0.442. The summed E-state index contributed by atoms with van der Waals surface area (Å²) in [7, 11) is 0. The third-order valence-electron chi connectivity index (χ3n) is 3.69. The Balaban J connectivity index is 1.93. The predicted octanol–water partition coefficient (Wildman–Crippen LogP) is 4.70. The summed E-state index contributed by atoms with van der Waals surface area (Å²) in [6, 6.07) is 18.2. The number of carbonyl (C=O) groups is 1. The highest BCUT2D eigenvalue weighted by Crippen LogP contribution is 2.15. The molecule has 22 heavy (non-hydrogen) atoms. The van der Waals surface area contributed by atoms with Crippen molar-refractivity contribution in [2.75, 3.05) is 0 Å². The number of hydrogen-bond acceptors (Lipinski definition) is 1. The van der Waals surface area contributed by atoms with Crippen LogP contribution in [0, 0.1) is 0 Å². The highest BCUT2D eigenvalue weighted by molar-refractivity contribution is 5.91. The number of benzene rings is 2. The van der Waals surface area contributed by atoms with E-state index in [0.29, 0.717) is 5.92 Å². The van der Waals surface area contributed by atoms with E-state index in [2.05, 4.69) is 31.3 Å². The molecule has 114 valence electrons. The lowest BCUT2D eigenvalue weighted by molar-refractivity contribution is -0.117. The molecule has 2 aromatic rings. The zero-order valence-corrected chi connectivity index (χ0v) is 13.4. The zero-order valence-electron chi connectivity index (χ0n) is 13.4. The highest BCUT2D eigenvalue weighted by atomic mass is 16.1. The van der Waals surface area contributed by atoms with Gasteiger partial charge in [-0.25, -0.2) is 0 Å². The molecule has 0 aliphatic heterocycles. The lowest BCUT2D eigenvalue weighted by atomic mass is 10.0. The minimum absolute atomic E-state index is 0.00154. The maximum atomic E-state index is 12.0. The molecule has 2 rings (SSSR count). The first-order chi connectivity index (χ1) is 10.6. The fourth-order valence-corrected chi connectivity index (χ4v) is 2.25. The zero-order chi connectivity index (χ0) is 15.9. The molecule has 2 nitrogen and oxygen atoms in total. The average molecular weight is 293 g/mol. The molecule has 0 aliphatic carbocycles. The Morgan fingerprint density at radius 3 is 2.14 bits per heavy atom. The summed E-state index contributed by atoms with van der Waals surface area (Å²) in [5, 5.41) is 2.97. The summed E-state index contributed by atoms with van der Waals surface area (Å²) in [6.07, 6.45) is 3.43. The SMILES string of the molecule is CC(C)c1ccc(C=CC(=O)N[C@@H](C)c2ccccc2)cc1. The quantitative estimate of drug-likeness (QED) is 0.795. The van der Waals surface area contributed by atoms with E-state index in [4.69, 9.17) is 0 Å². The molecule has 0 bridgehead atoms. The van der Waals surface area contributed by atoms with Crippen LogP contribution in [0.3, 0.4) is 0 Å². The highest BCUT2D eigenvalue weighted by Gasteiger charge is 2.06. The molecular weight excluding hydrogens is 270 g/mol. The molecule has 1 N–H and O–H groups in total. The summed E-state index contributed by atoms with van der Waals surface area (Å²) < 4.78 is 0. The third kappa shape index (κ3) is 4.59. The Bertz CT molecular complexity index is 627. The molecule has 0 aromatic heterocycles. The van der Waals surface area contributed by atoms with Crippen LogP contribution in [-0.4, -0.2) is 5.91 Å². The second-order valence-electron chi connectivity index (χ2n) is 5.80. The molecule has 0 radical (unpaired) electrons. The van der Waals surface area contributed by atoms with Crippen LogP contribution in [0.4, 0.5) is 0 Å². The number of carbonyl (C=O) groups excluding carboxylic acids is 1. The van der Waals surface area contributed by atoms with E-state index in [-0.39, 0.29) is 11.9 Å². The van der Waals surface area contributed by atoms with Crippen LogP contribution in [-0.2, 0) is 4.79 Å². The van der Waals surface area contributed by atoms with Crippen LogP contribution in [0.25, 0.3) is 6.08 Å². The van der Waals surface area contributed by atoms with Crippen molar-refractivity contribution in [2.45, 2.75) is 32.7 Å². The van der Waals surface area contributed by atoms with E-state index < -0.39 is 0 Å². The van der Waals surface area contributed by atoms with Gasteiger partial charge in [0.25, 0.3) is 0 Å². The van der Waals surface area contributed by atoms with E-state index in [1.807, 2.05) is 55.5 Å². The van der Waals surface area contributed by atoms with Crippen molar-refractivity contribution in [3.63, 3.8) is 0 Å². The molecule has 1 atom stereocenters. The van der Waals surface area contributed by atoms with Gasteiger partial charge in [-0.15, -0.1) is 0 Å². The standard InChI is InChI=1S/C20H23NO/c1-15(2)18-12-9-17(10-13-18)11-14-20(22)21-16(3)19-7-5-4-6-8-19/h4-16H,1-3H3,(H,21,22)/t16-/m0/s1. The number of nitrogens with one attached hydrogen (secondary N) is 1. The third-order valence-corrected chi connectivity index (χ3v) is 3.69. The van der Waals surface area contributed by atoms with Gasteiger partial charge in [-0.3, -0.25) is 4.79 Å². The maximum absolute atomic E-state index is 12.0. The number of rotatable bonds is 5. The van der Waals surface area contributed by atoms with Gasteiger partial charge in [0.2, 0.25) is 5.91 Å². The normalized spacial score (nSPS) is 12.5. The smallest absolute Gasteiger partial charge is 0.244 e. The van der Waals surface area contributed by atoms with Gasteiger partial charge in [-0.1, -0.05) is 68.4 Å². The molecule has 0 saturated carbocycles. The monoisotopic (exact) mass is 293 g/mol. The molecule has 2 aromatic carbocycles. The van der Waals surface area contributed by atoms with Gasteiger partial charge >= 0.3 is 0 Å². The van der Waals surface area contributed by atoms with E-state index in [0.717, 1.165) is 11.1 Å². The van der Waals surface area contributed by atoms with Crippen molar-refractivity contribution < 1.29 is 4.79 Å². The molecule has 0 saturated heterocycles. The van der Waals surface area contributed by atoms with E-state index >= 15 is 0 Å². The van der Waals surface area contributed by atoms with Gasteiger partial charge in [0.1, 0.15) is 0 Å². The van der Waals surface area contributed by atoms with Crippen LogP contribution in [0.15, 0.2) is 60.7 Å². The summed E-state index contributed by atoms with van der Waals surface area (Å²) in [5.41, 5.74) is 3.44. The first-order valence-electron chi connectivity index (χ1n) is 7.69. The fourth-order valence-electron chi connectivity index (χ4n) is 2.25. The number of amides is 1. The minimum Gasteiger partial charge on any atom is -0.346 e. The molecule has 0 spiro atoms. The van der Waals surface area contributed by atoms with Crippen LogP contribution < -0.4 is 5.32 Å². The van der Waals surface area contributed by atoms with Crippen molar-refractivity contribution in [3.8, 4) is 0 Å². The molecule has 0 aliphatic rings. The molecule has 2 heteroatoms. The Labute approximate surface area is 132 Å². The molecule has 0 unspecified atom stereocenters. The maximum Gasteiger partial charge on any atom is 0.244 e. The van der Waals surface area contributed by atoms with Crippen LogP contribution in [0.1, 0.15) is 49.4 Å². The van der Waals surface area contributed by atoms with Crippen molar-refractivity contribution >= 4 is 12.0 Å². The van der Waals surface area contributed by atoms with Gasteiger partial charge in [-0.05, 0) is 35.6 Å². The summed E-state index contributed by atoms with van der Waals surface area (Å²) >= 11 is 0. The first-order valence-corrected chi connectivity index (χ1v) is 7.69. The largest absolute Gasteiger partial charge is 0.346 e. The predicted molar refractivity (Wildman–Crippen MR) is 92.6 cm³/mol. The van der Waals surface area contributed by atoms with Gasteiger partial charge in [-0.2, -0.15) is 0 Å². The fraction of sp³-hybridized carbons (Fsp3) is 0.250. The lowest BCUT2D eigenvalue weighted by Gasteiger charge is -2.12. The lowest BCUT2D eigenvalue weighted by Crippen LogP contribution is -2.24. The van der Waals surface area contributed by atoms with E-state index in [1.54, 1.807) is 6.08 Å². The van der Waals surface area contributed by atoms with Gasteiger partial charge in [0.15, 0.2) is 0 Å². The Morgan fingerprint density at radius 2 is 1.55 bits per heavy atom.